The van der Waals surface area contributed by atoms with Crippen LogP contribution in [0, 0.1) is 6.92 Å². The van der Waals surface area contributed by atoms with Gasteiger partial charge in [0.1, 0.15) is 5.75 Å². The fraction of sp³-hybridized carbons (Fsp3) is 0.200. The maximum Gasteiger partial charge on any atom is 0.265 e. The molecular weight excluding hydrogens is 376 g/mol. The Morgan fingerprint density at radius 2 is 1.47 bits per heavy atom. The van der Waals surface area contributed by atoms with Gasteiger partial charge in [0.15, 0.2) is 6.10 Å². The minimum atomic E-state index is -0.716. The van der Waals surface area contributed by atoms with Crippen LogP contribution in [0.15, 0.2) is 78.9 Å². The number of aryl methyl sites for hydroxylation is 1. The third-order valence-corrected chi connectivity index (χ3v) is 4.78. The van der Waals surface area contributed by atoms with Crippen LogP contribution >= 0.6 is 0 Å². The molecule has 0 aliphatic heterocycles. The normalized spacial score (nSPS) is 12.5. The number of rotatable bonds is 7. The van der Waals surface area contributed by atoms with E-state index in [1.165, 1.54) is 0 Å². The Morgan fingerprint density at radius 3 is 2.17 bits per heavy atom. The Hall–Kier alpha value is -3.60. The van der Waals surface area contributed by atoms with Crippen molar-refractivity contribution in [2.24, 2.45) is 0 Å². The standard InChI is InChI=1S/C25H26N2O3/c1-17-13-15-21(16-14-17)30-19(3)24(28)27-23-12-8-7-11-22(23)25(29)26-18(2)20-9-5-4-6-10-20/h4-16,18-19H,1-3H3,(H,26,29)(H,27,28)/t18-,19-/m0/s1. The molecule has 0 aliphatic carbocycles. The molecule has 5 heteroatoms. The minimum absolute atomic E-state index is 0.161. The van der Waals surface area contributed by atoms with Crippen LogP contribution in [0.25, 0.3) is 0 Å². The summed E-state index contributed by atoms with van der Waals surface area (Å²) < 4.78 is 5.71. The molecule has 0 radical (unpaired) electrons. The van der Waals surface area contributed by atoms with Crippen molar-refractivity contribution in [2.75, 3.05) is 5.32 Å². The molecule has 154 valence electrons. The summed E-state index contributed by atoms with van der Waals surface area (Å²) in [6.45, 7) is 5.59. The monoisotopic (exact) mass is 402 g/mol. The summed E-state index contributed by atoms with van der Waals surface area (Å²) in [5, 5.41) is 5.79. The number of nitrogens with one attached hydrogen (secondary N) is 2. The topological polar surface area (TPSA) is 67.4 Å². The second-order valence-electron chi connectivity index (χ2n) is 7.21. The van der Waals surface area contributed by atoms with Gasteiger partial charge in [-0.15, -0.1) is 0 Å². The van der Waals surface area contributed by atoms with Crippen LogP contribution in [0.5, 0.6) is 5.75 Å². The van der Waals surface area contributed by atoms with Crippen LogP contribution < -0.4 is 15.4 Å². The van der Waals surface area contributed by atoms with Gasteiger partial charge >= 0.3 is 0 Å². The number of benzene rings is 3. The zero-order chi connectivity index (χ0) is 21.5. The first-order valence-corrected chi connectivity index (χ1v) is 9.93. The van der Waals surface area contributed by atoms with Crippen molar-refractivity contribution in [2.45, 2.75) is 32.9 Å². The van der Waals surface area contributed by atoms with Crippen LogP contribution in [-0.4, -0.2) is 17.9 Å². The van der Waals surface area contributed by atoms with Crippen LogP contribution in [0.4, 0.5) is 5.69 Å². The minimum Gasteiger partial charge on any atom is -0.481 e. The molecule has 3 aromatic carbocycles. The molecule has 2 atom stereocenters. The summed E-state index contributed by atoms with van der Waals surface area (Å²) in [5.74, 6) is 0.0345. The van der Waals surface area contributed by atoms with Gasteiger partial charge in [-0.1, -0.05) is 60.2 Å². The third kappa shape index (κ3) is 5.47. The first-order chi connectivity index (χ1) is 14.4. The molecule has 0 saturated carbocycles. The largest absolute Gasteiger partial charge is 0.481 e. The van der Waals surface area contributed by atoms with Crippen LogP contribution in [0.3, 0.4) is 0 Å². The van der Waals surface area contributed by atoms with Crippen molar-refractivity contribution in [1.82, 2.24) is 5.32 Å². The number of hydrogen-bond acceptors (Lipinski definition) is 3. The summed E-state index contributed by atoms with van der Waals surface area (Å²) in [7, 11) is 0. The highest BCUT2D eigenvalue weighted by molar-refractivity contribution is 6.04. The molecule has 3 rings (SSSR count). The van der Waals surface area contributed by atoms with Crippen molar-refractivity contribution < 1.29 is 14.3 Å². The number of ether oxygens (including phenoxy) is 1. The van der Waals surface area contributed by atoms with E-state index in [4.69, 9.17) is 4.74 Å². The molecule has 5 nitrogen and oxygen atoms in total. The van der Waals surface area contributed by atoms with E-state index >= 15 is 0 Å². The van der Waals surface area contributed by atoms with Gasteiger partial charge in [0.05, 0.1) is 17.3 Å². The number of carbonyl (C=O) groups excluding carboxylic acids is 2. The fourth-order valence-electron chi connectivity index (χ4n) is 3.00. The van der Waals surface area contributed by atoms with Crippen molar-refractivity contribution in [3.63, 3.8) is 0 Å². The van der Waals surface area contributed by atoms with E-state index in [0.29, 0.717) is 17.0 Å². The molecule has 0 heterocycles. The lowest BCUT2D eigenvalue weighted by Crippen LogP contribution is -2.32. The van der Waals surface area contributed by atoms with Gasteiger partial charge in [0, 0.05) is 0 Å². The molecule has 0 aliphatic rings. The number of hydrogen-bond donors (Lipinski definition) is 2. The number of carbonyl (C=O) groups is 2. The molecule has 0 unspecified atom stereocenters. The number of anilines is 1. The van der Waals surface area contributed by atoms with Gasteiger partial charge < -0.3 is 15.4 Å². The van der Waals surface area contributed by atoms with Gasteiger partial charge in [-0.2, -0.15) is 0 Å². The average Bonchev–Trinajstić information content (AvgIpc) is 2.76. The highest BCUT2D eigenvalue weighted by Gasteiger charge is 2.19. The summed E-state index contributed by atoms with van der Waals surface area (Å²) in [6.07, 6.45) is -0.716. The second kappa shape index (κ2) is 9.74. The first kappa shape index (κ1) is 21.1. The van der Waals surface area contributed by atoms with Gasteiger partial charge in [-0.3, -0.25) is 9.59 Å². The van der Waals surface area contributed by atoms with Crippen LogP contribution in [0.2, 0.25) is 0 Å². The van der Waals surface area contributed by atoms with E-state index in [-0.39, 0.29) is 17.9 Å². The summed E-state index contributed by atoms with van der Waals surface area (Å²) in [6, 6.07) is 24.0. The molecule has 2 N–H and O–H groups in total. The molecule has 0 spiro atoms. The number of para-hydroxylation sites is 1. The van der Waals surface area contributed by atoms with Crippen LogP contribution in [-0.2, 0) is 4.79 Å². The van der Waals surface area contributed by atoms with Crippen molar-refractivity contribution in [3.8, 4) is 5.75 Å². The lowest BCUT2D eigenvalue weighted by molar-refractivity contribution is -0.122. The highest BCUT2D eigenvalue weighted by atomic mass is 16.5. The molecule has 0 fully saturated rings. The quantitative estimate of drug-likeness (QED) is 0.591. The summed E-state index contributed by atoms with van der Waals surface area (Å²) >= 11 is 0. The Bertz CT molecular complexity index is 1000. The molecule has 2 amide bonds. The first-order valence-electron chi connectivity index (χ1n) is 9.93. The van der Waals surface area contributed by atoms with E-state index in [9.17, 15) is 9.59 Å². The van der Waals surface area contributed by atoms with E-state index in [1.807, 2.05) is 68.4 Å². The van der Waals surface area contributed by atoms with Crippen LogP contribution in [0.1, 0.15) is 41.4 Å². The van der Waals surface area contributed by atoms with Gasteiger partial charge in [0.2, 0.25) is 0 Å². The van der Waals surface area contributed by atoms with Crippen molar-refractivity contribution in [3.05, 3.63) is 95.6 Å². The molecule has 0 aromatic heterocycles. The van der Waals surface area contributed by atoms with E-state index in [1.54, 1.807) is 31.2 Å². The Balaban J connectivity index is 1.67. The van der Waals surface area contributed by atoms with E-state index in [2.05, 4.69) is 10.6 Å². The molecule has 0 saturated heterocycles. The van der Waals surface area contributed by atoms with Crippen molar-refractivity contribution >= 4 is 17.5 Å². The van der Waals surface area contributed by atoms with E-state index < -0.39 is 6.10 Å². The zero-order valence-electron chi connectivity index (χ0n) is 17.4. The Kier molecular flexibility index (Phi) is 6.86. The predicted molar refractivity (Wildman–Crippen MR) is 119 cm³/mol. The lowest BCUT2D eigenvalue weighted by Gasteiger charge is -2.18. The average molecular weight is 402 g/mol. The van der Waals surface area contributed by atoms with Crippen molar-refractivity contribution in [1.29, 1.82) is 0 Å². The maximum absolute atomic E-state index is 12.8. The van der Waals surface area contributed by atoms with Gasteiger partial charge in [-0.25, -0.2) is 0 Å². The van der Waals surface area contributed by atoms with E-state index in [0.717, 1.165) is 11.1 Å². The van der Waals surface area contributed by atoms with Gasteiger partial charge in [-0.05, 0) is 50.6 Å². The Morgan fingerprint density at radius 1 is 0.833 bits per heavy atom. The molecule has 30 heavy (non-hydrogen) atoms. The number of amides is 2. The zero-order valence-corrected chi connectivity index (χ0v) is 17.4. The summed E-state index contributed by atoms with van der Waals surface area (Å²) in [4.78, 5) is 25.5. The lowest BCUT2D eigenvalue weighted by atomic mass is 10.1. The SMILES string of the molecule is Cc1ccc(O[C@@H](C)C(=O)Nc2ccccc2C(=O)N[C@@H](C)c2ccccc2)cc1. The smallest absolute Gasteiger partial charge is 0.265 e. The highest BCUT2D eigenvalue weighted by Crippen LogP contribution is 2.19. The summed E-state index contributed by atoms with van der Waals surface area (Å²) in [5.41, 5.74) is 2.97. The predicted octanol–water partition coefficient (Wildman–Crippen LogP) is 4.89. The fourth-order valence-corrected chi connectivity index (χ4v) is 3.00. The molecule has 0 bridgehead atoms. The molecule has 3 aromatic rings. The van der Waals surface area contributed by atoms with Gasteiger partial charge in [0.25, 0.3) is 11.8 Å². The maximum atomic E-state index is 12.8. The third-order valence-electron chi connectivity index (χ3n) is 4.78. The molecular formula is C25H26N2O3. The Labute approximate surface area is 177 Å². The second-order valence-corrected chi connectivity index (χ2v) is 7.21.